The Morgan fingerprint density at radius 2 is 1.83 bits per heavy atom. The van der Waals surface area contributed by atoms with Crippen molar-refractivity contribution in [3.05, 3.63) is 67.1 Å². The molecular weight excluding hydrogens is 312 g/mol. The van der Waals surface area contributed by atoms with Crippen LogP contribution in [-0.4, -0.2) is 20.9 Å². The Bertz CT molecular complexity index is 936. The summed E-state index contributed by atoms with van der Waals surface area (Å²) in [6, 6.07) is 6.00. The highest BCUT2D eigenvalue weighted by Gasteiger charge is 2.37. The minimum absolute atomic E-state index is 0.0124. The number of nitrogens with one attached hydrogen (secondary N) is 3. The number of anilines is 1. The smallest absolute Gasteiger partial charge is 0.270 e. The molecule has 0 saturated carbocycles. The lowest BCUT2D eigenvalue weighted by Gasteiger charge is -2.31. The summed E-state index contributed by atoms with van der Waals surface area (Å²) in [4.78, 5) is 35.1. The van der Waals surface area contributed by atoms with Crippen molar-refractivity contribution in [3.63, 3.8) is 0 Å². The third-order valence-electron chi connectivity index (χ3n) is 4.56. The van der Waals surface area contributed by atoms with Gasteiger partial charge in [0.05, 0.1) is 10.5 Å². The molecule has 2 aromatic rings. The number of rotatable bonds is 2. The molecule has 1 aliphatic carbocycles. The Labute approximate surface area is 135 Å². The molecule has 2 aliphatic rings. The zero-order valence-corrected chi connectivity index (χ0v) is 12.6. The molecule has 0 saturated heterocycles. The number of nitro benzene ring substituents is 1. The molecule has 0 spiro atoms. The molecule has 0 radical (unpaired) electrons. The molecule has 1 unspecified atom stereocenters. The van der Waals surface area contributed by atoms with Gasteiger partial charge in [-0.05, 0) is 18.4 Å². The van der Waals surface area contributed by atoms with Gasteiger partial charge in [-0.3, -0.25) is 29.9 Å². The Kier molecular flexibility index (Phi) is 3.12. The maximum atomic E-state index is 12.5. The van der Waals surface area contributed by atoms with Crippen LogP contribution in [0.15, 0.2) is 40.3 Å². The van der Waals surface area contributed by atoms with Gasteiger partial charge in [0.15, 0.2) is 5.78 Å². The van der Waals surface area contributed by atoms with Crippen molar-refractivity contribution >= 4 is 17.3 Å². The van der Waals surface area contributed by atoms with Crippen molar-refractivity contribution in [2.75, 3.05) is 5.32 Å². The van der Waals surface area contributed by atoms with Crippen LogP contribution in [0.4, 0.5) is 11.5 Å². The Balaban J connectivity index is 1.90. The number of allylic oxidation sites excluding steroid dienone is 2. The molecule has 122 valence electrons. The fraction of sp³-hybridized carbons (Fsp3) is 0.250. The van der Waals surface area contributed by atoms with E-state index in [9.17, 15) is 19.7 Å². The van der Waals surface area contributed by atoms with Crippen molar-refractivity contribution in [3.8, 4) is 0 Å². The molecule has 4 rings (SSSR count). The fourth-order valence-corrected chi connectivity index (χ4v) is 3.49. The monoisotopic (exact) mass is 326 g/mol. The summed E-state index contributed by atoms with van der Waals surface area (Å²) in [5.74, 6) is 0.0509. The Morgan fingerprint density at radius 1 is 1.08 bits per heavy atom. The van der Waals surface area contributed by atoms with Crippen LogP contribution < -0.4 is 10.9 Å². The lowest BCUT2D eigenvalue weighted by molar-refractivity contribution is -0.384. The lowest BCUT2D eigenvalue weighted by Crippen LogP contribution is -2.29. The average molecular weight is 326 g/mol. The number of H-pyrrole nitrogens is 2. The van der Waals surface area contributed by atoms with Crippen LogP contribution in [0.3, 0.4) is 0 Å². The van der Waals surface area contributed by atoms with Crippen LogP contribution in [0.5, 0.6) is 0 Å². The number of hydrogen-bond donors (Lipinski definition) is 3. The number of nitrogens with zero attached hydrogens (tertiary/aromatic N) is 1. The summed E-state index contributed by atoms with van der Waals surface area (Å²) in [5.41, 5.74) is 2.21. The molecule has 2 heterocycles. The second-order valence-electron chi connectivity index (χ2n) is 5.94. The van der Waals surface area contributed by atoms with Gasteiger partial charge >= 0.3 is 0 Å². The Hall–Kier alpha value is -3.16. The summed E-state index contributed by atoms with van der Waals surface area (Å²) >= 11 is 0. The third kappa shape index (κ3) is 2.07. The quantitative estimate of drug-likeness (QED) is 0.577. The van der Waals surface area contributed by atoms with Crippen molar-refractivity contribution in [2.24, 2.45) is 0 Å². The minimum atomic E-state index is -0.514. The van der Waals surface area contributed by atoms with Crippen molar-refractivity contribution in [1.82, 2.24) is 10.2 Å². The SMILES string of the molecule is O=C1CCCC2=C1C(c1ccc([N+](=O)[O-])cc1)c1c([nH][nH]c1=O)N2. The number of aromatic amines is 2. The number of nitro groups is 1. The number of Topliss-reactive ketones (excluding diaryl/α,β-unsaturated/α-hetero) is 1. The summed E-state index contributed by atoms with van der Waals surface area (Å²) in [6.07, 6.45) is 1.94. The minimum Gasteiger partial charge on any atom is -0.343 e. The number of carbonyl (C=O) groups excluding carboxylic acids is 1. The van der Waals surface area contributed by atoms with Crippen LogP contribution in [0.2, 0.25) is 0 Å². The van der Waals surface area contributed by atoms with E-state index in [0.29, 0.717) is 28.9 Å². The average Bonchev–Trinajstić information content (AvgIpc) is 2.94. The van der Waals surface area contributed by atoms with E-state index < -0.39 is 10.8 Å². The van der Waals surface area contributed by atoms with Crippen LogP contribution in [0, 0.1) is 10.1 Å². The molecular formula is C16H14N4O4. The van der Waals surface area contributed by atoms with Gasteiger partial charge in [-0.2, -0.15) is 0 Å². The van der Waals surface area contributed by atoms with Crippen LogP contribution in [0.25, 0.3) is 0 Å². The number of hydrogen-bond acceptors (Lipinski definition) is 5. The number of non-ortho nitro benzene ring substituents is 1. The van der Waals surface area contributed by atoms with Crippen molar-refractivity contribution in [1.29, 1.82) is 0 Å². The highest BCUT2D eigenvalue weighted by atomic mass is 16.6. The molecule has 1 aromatic heterocycles. The van der Waals surface area contributed by atoms with Gasteiger partial charge in [-0.1, -0.05) is 12.1 Å². The first kappa shape index (κ1) is 14.4. The predicted molar refractivity (Wildman–Crippen MR) is 85.9 cm³/mol. The maximum absolute atomic E-state index is 12.5. The zero-order valence-electron chi connectivity index (χ0n) is 12.6. The molecule has 0 fully saturated rings. The predicted octanol–water partition coefficient (Wildman–Crippen LogP) is 2.18. The second-order valence-corrected chi connectivity index (χ2v) is 5.94. The van der Waals surface area contributed by atoms with E-state index >= 15 is 0 Å². The lowest BCUT2D eigenvalue weighted by atomic mass is 9.77. The second kappa shape index (κ2) is 5.19. The number of benzene rings is 1. The van der Waals surface area contributed by atoms with E-state index in [1.54, 1.807) is 12.1 Å². The highest BCUT2D eigenvalue weighted by Crippen LogP contribution is 2.43. The molecule has 1 aliphatic heterocycles. The van der Waals surface area contributed by atoms with Gasteiger partial charge in [-0.15, -0.1) is 0 Å². The molecule has 8 nitrogen and oxygen atoms in total. The topological polar surface area (TPSA) is 121 Å². The van der Waals surface area contributed by atoms with Crippen LogP contribution in [-0.2, 0) is 4.79 Å². The highest BCUT2D eigenvalue weighted by molar-refractivity contribution is 6.00. The van der Waals surface area contributed by atoms with Gasteiger partial charge < -0.3 is 5.32 Å². The van der Waals surface area contributed by atoms with Gasteiger partial charge in [0, 0.05) is 35.7 Å². The maximum Gasteiger partial charge on any atom is 0.270 e. The number of ketones is 1. The molecule has 24 heavy (non-hydrogen) atoms. The van der Waals surface area contributed by atoms with Gasteiger partial charge in [0.25, 0.3) is 11.2 Å². The van der Waals surface area contributed by atoms with Crippen molar-refractivity contribution < 1.29 is 9.72 Å². The van der Waals surface area contributed by atoms with Gasteiger partial charge in [0.1, 0.15) is 5.82 Å². The first-order valence-corrected chi connectivity index (χ1v) is 7.64. The largest absolute Gasteiger partial charge is 0.343 e. The summed E-state index contributed by atoms with van der Waals surface area (Å²) in [6.45, 7) is 0. The summed E-state index contributed by atoms with van der Waals surface area (Å²) in [7, 11) is 0. The van der Waals surface area contributed by atoms with E-state index in [2.05, 4.69) is 15.5 Å². The van der Waals surface area contributed by atoms with Gasteiger partial charge in [-0.25, -0.2) is 0 Å². The first-order chi connectivity index (χ1) is 11.6. The van der Waals surface area contributed by atoms with E-state index in [-0.39, 0.29) is 17.0 Å². The normalized spacial score (nSPS) is 19.5. The summed E-state index contributed by atoms with van der Waals surface area (Å²) in [5, 5.41) is 19.3. The molecule has 0 amide bonds. The Morgan fingerprint density at radius 3 is 2.54 bits per heavy atom. The third-order valence-corrected chi connectivity index (χ3v) is 4.56. The van der Waals surface area contributed by atoms with Crippen LogP contribution in [0.1, 0.15) is 36.3 Å². The van der Waals surface area contributed by atoms with Crippen LogP contribution >= 0.6 is 0 Å². The van der Waals surface area contributed by atoms with E-state index in [0.717, 1.165) is 18.5 Å². The van der Waals surface area contributed by atoms with Crippen molar-refractivity contribution in [2.45, 2.75) is 25.2 Å². The molecule has 3 N–H and O–H groups in total. The zero-order chi connectivity index (χ0) is 16.8. The van der Waals surface area contributed by atoms with E-state index in [1.807, 2.05) is 0 Å². The van der Waals surface area contributed by atoms with Gasteiger partial charge in [0.2, 0.25) is 0 Å². The van der Waals surface area contributed by atoms with E-state index in [1.165, 1.54) is 12.1 Å². The number of fused-ring (bicyclic) bond motifs is 1. The molecule has 8 heteroatoms. The first-order valence-electron chi connectivity index (χ1n) is 7.64. The number of carbonyl (C=O) groups is 1. The molecule has 0 bridgehead atoms. The van der Waals surface area contributed by atoms with E-state index in [4.69, 9.17) is 0 Å². The molecule has 1 aromatic carbocycles. The molecule has 1 atom stereocenters. The summed E-state index contributed by atoms with van der Waals surface area (Å²) < 4.78 is 0. The number of aromatic nitrogens is 2. The fourth-order valence-electron chi connectivity index (χ4n) is 3.49. The standard InChI is InChI=1S/C16H14N4O4/c21-11-3-1-2-10-13(11)12(14-15(17-10)18-19-16(14)22)8-4-6-9(7-5-8)20(23)24/h4-7,12H,1-3H2,(H3,17,18,19,22).